The Labute approximate surface area is 94.3 Å². The lowest BCUT2D eigenvalue weighted by Gasteiger charge is -2.36. The van der Waals surface area contributed by atoms with Gasteiger partial charge in [-0.15, -0.1) is 0 Å². The predicted molar refractivity (Wildman–Crippen MR) is 62.5 cm³/mol. The Balaban J connectivity index is 2.30. The minimum atomic E-state index is -0.198. The topological polar surface area (TPSA) is 18.5 Å². The van der Waals surface area contributed by atoms with Crippen molar-refractivity contribution in [1.29, 1.82) is 0 Å². The molecule has 0 heterocycles. The van der Waals surface area contributed by atoms with Crippen molar-refractivity contribution in [1.82, 2.24) is 0 Å². The summed E-state index contributed by atoms with van der Waals surface area (Å²) in [6, 6.07) is 0. The van der Waals surface area contributed by atoms with Crippen molar-refractivity contribution in [2.75, 3.05) is 6.61 Å². The van der Waals surface area contributed by atoms with E-state index in [1.54, 1.807) is 0 Å². The van der Waals surface area contributed by atoms with Crippen LogP contribution in [-0.2, 0) is 9.78 Å². The van der Waals surface area contributed by atoms with Gasteiger partial charge in [-0.3, -0.25) is 0 Å². The van der Waals surface area contributed by atoms with Gasteiger partial charge in [-0.1, -0.05) is 26.7 Å². The summed E-state index contributed by atoms with van der Waals surface area (Å²) < 4.78 is 0. The average molecular weight is 214 g/mol. The van der Waals surface area contributed by atoms with E-state index in [1.165, 1.54) is 25.7 Å². The average Bonchev–Trinajstić information content (AvgIpc) is 1.99. The van der Waals surface area contributed by atoms with Crippen LogP contribution in [0.3, 0.4) is 0 Å². The second-order valence-corrected chi connectivity index (χ2v) is 6.47. The van der Waals surface area contributed by atoms with Crippen LogP contribution in [-0.4, -0.2) is 12.2 Å². The molecule has 2 nitrogen and oxygen atoms in total. The van der Waals surface area contributed by atoms with E-state index in [0.717, 1.165) is 12.5 Å². The van der Waals surface area contributed by atoms with Gasteiger partial charge in [0.25, 0.3) is 0 Å². The zero-order valence-electron chi connectivity index (χ0n) is 10.9. The van der Waals surface area contributed by atoms with E-state index in [9.17, 15) is 0 Å². The van der Waals surface area contributed by atoms with Gasteiger partial charge in [0.15, 0.2) is 0 Å². The highest BCUT2D eigenvalue weighted by Gasteiger charge is 2.31. The molecule has 0 amide bonds. The second kappa shape index (κ2) is 4.84. The monoisotopic (exact) mass is 214 g/mol. The van der Waals surface area contributed by atoms with Crippen molar-refractivity contribution in [2.45, 2.75) is 65.9 Å². The maximum absolute atomic E-state index is 5.39. The van der Waals surface area contributed by atoms with Crippen molar-refractivity contribution >= 4 is 0 Å². The van der Waals surface area contributed by atoms with Gasteiger partial charge in [0.05, 0.1) is 12.2 Å². The third-order valence-electron chi connectivity index (χ3n) is 3.03. The Morgan fingerprint density at radius 3 is 2.53 bits per heavy atom. The molecule has 0 N–H and O–H groups in total. The normalized spacial score (nSPS) is 33.0. The van der Waals surface area contributed by atoms with Crippen LogP contribution in [0.1, 0.15) is 60.3 Å². The molecule has 0 saturated heterocycles. The van der Waals surface area contributed by atoms with E-state index in [-0.39, 0.29) is 5.60 Å². The third-order valence-corrected chi connectivity index (χ3v) is 3.03. The highest BCUT2D eigenvalue weighted by Crippen LogP contribution is 2.39. The van der Waals surface area contributed by atoms with Crippen LogP contribution in [0.5, 0.6) is 0 Å². The van der Waals surface area contributed by atoms with Crippen LogP contribution in [0.25, 0.3) is 0 Å². The lowest BCUT2D eigenvalue weighted by atomic mass is 9.72. The molecule has 1 rings (SSSR count). The van der Waals surface area contributed by atoms with Crippen LogP contribution >= 0.6 is 0 Å². The minimum absolute atomic E-state index is 0.198. The maximum Gasteiger partial charge on any atom is 0.0952 e. The molecule has 0 spiro atoms. The van der Waals surface area contributed by atoms with Crippen molar-refractivity contribution in [2.24, 2.45) is 11.3 Å². The smallest absolute Gasteiger partial charge is 0.0952 e. The van der Waals surface area contributed by atoms with Gasteiger partial charge in [-0.2, -0.15) is 0 Å². The highest BCUT2D eigenvalue weighted by atomic mass is 17.2. The number of rotatable bonds is 3. The molecule has 2 unspecified atom stereocenters. The summed E-state index contributed by atoms with van der Waals surface area (Å²) in [5.41, 5.74) is 0.125. The summed E-state index contributed by atoms with van der Waals surface area (Å²) in [5.74, 6) is 0.835. The molecule has 15 heavy (non-hydrogen) atoms. The second-order valence-electron chi connectivity index (χ2n) is 6.47. The van der Waals surface area contributed by atoms with Gasteiger partial charge < -0.3 is 0 Å². The first-order chi connectivity index (χ1) is 6.81. The van der Waals surface area contributed by atoms with E-state index in [2.05, 4.69) is 13.8 Å². The first-order valence-electron chi connectivity index (χ1n) is 6.11. The molecule has 2 heteroatoms. The van der Waals surface area contributed by atoms with Gasteiger partial charge in [0.1, 0.15) is 0 Å². The number of hydrogen-bond donors (Lipinski definition) is 0. The Bertz CT molecular complexity index is 195. The van der Waals surface area contributed by atoms with Crippen LogP contribution in [0.4, 0.5) is 0 Å². The molecule has 90 valence electrons. The van der Waals surface area contributed by atoms with Crippen LogP contribution in [0.15, 0.2) is 0 Å². The lowest BCUT2D eigenvalue weighted by Crippen LogP contribution is -2.31. The Kier molecular flexibility index (Phi) is 4.19. The van der Waals surface area contributed by atoms with Crippen molar-refractivity contribution in [3.8, 4) is 0 Å². The molecule has 1 saturated carbocycles. The van der Waals surface area contributed by atoms with E-state index >= 15 is 0 Å². The fraction of sp³-hybridized carbons (Fsp3) is 1.00. The summed E-state index contributed by atoms with van der Waals surface area (Å²) in [7, 11) is 0. The SMILES string of the molecule is CC1CCCC(C)(COOC(C)(C)C)C1. The minimum Gasteiger partial charge on any atom is -0.236 e. The summed E-state index contributed by atoms with van der Waals surface area (Å²) >= 11 is 0. The van der Waals surface area contributed by atoms with E-state index in [0.29, 0.717) is 5.41 Å². The first kappa shape index (κ1) is 13.0. The van der Waals surface area contributed by atoms with E-state index in [4.69, 9.17) is 9.78 Å². The molecule has 2 atom stereocenters. The summed E-state index contributed by atoms with van der Waals surface area (Å²) in [6.07, 6.45) is 5.23. The van der Waals surface area contributed by atoms with Crippen LogP contribution in [0, 0.1) is 11.3 Å². The standard InChI is InChI=1S/C13H26O2/c1-11-7-6-8-13(5,9-11)10-14-15-12(2,3)4/h11H,6-10H2,1-5H3. The summed E-state index contributed by atoms with van der Waals surface area (Å²) in [4.78, 5) is 10.7. The fourth-order valence-corrected chi connectivity index (χ4v) is 2.40. The molecule has 0 aromatic carbocycles. The molecule has 0 bridgehead atoms. The lowest BCUT2D eigenvalue weighted by molar-refractivity contribution is -0.361. The molecule has 1 aliphatic rings. The molecule has 1 aliphatic carbocycles. The molecule has 0 radical (unpaired) electrons. The third kappa shape index (κ3) is 4.98. The Hall–Kier alpha value is -0.0800. The molecule has 0 aromatic heterocycles. The summed E-state index contributed by atoms with van der Waals surface area (Å²) in [6.45, 7) is 11.4. The maximum atomic E-state index is 5.39. The predicted octanol–water partition coefficient (Wildman–Crippen LogP) is 3.95. The molecule has 1 fully saturated rings. The van der Waals surface area contributed by atoms with Crippen LogP contribution < -0.4 is 0 Å². The van der Waals surface area contributed by atoms with Gasteiger partial charge in [-0.25, -0.2) is 9.78 Å². The van der Waals surface area contributed by atoms with Gasteiger partial charge >= 0.3 is 0 Å². The fourth-order valence-electron chi connectivity index (χ4n) is 2.40. The first-order valence-corrected chi connectivity index (χ1v) is 6.11. The summed E-state index contributed by atoms with van der Waals surface area (Å²) in [5, 5.41) is 0. The van der Waals surface area contributed by atoms with Crippen molar-refractivity contribution in [3.63, 3.8) is 0 Å². The highest BCUT2D eigenvalue weighted by molar-refractivity contribution is 4.80. The van der Waals surface area contributed by atoms with E-state index in [1.807, 2.05) is 20.8 Å². The largest absolute Gasteiger partial charge is 0.236 e. The molecular formula is C13H26O2. The quantitative estimate of drug-likeness (QED) is 0.523. The Morgan fingerprint density at radius 2 is 2.00 bits per heavy atom. The van der Waals surface area contributed by atoms with E-state index < -0.39 is 0 Å². The van der Waals surface area contributed by atoms with Crippen molar-refractivity contribution in [3.05, 3.63) is 0 Å². The number of hydrogen-bond acceptors (Lipinski definition) is 2. The zero-order chi connectivity index (χ0) is 11.5. The van der Waals surface area contributed by atoms with Gasteiger partial charge in [0, 0.05) is 0 Å². The molecule has 0 aliphatic heterocycles. The van der Waals surface area contributed by atoms with Gasteiger partial charge in [-0.05, 0) is 44.9 Å². The Morgan fingerprint density at radius 1 is 1.33 bits per heavy atom. The zero-order valence-corrected chi connectivity index (χ0v) is 10.9. The molecular weight excluding hydrogens is 188 g/mol. The molecule has 0 aromatic rings. The van der Waals surface area contributed by atoms with Crippen molar-refractivity contribution < 1.29 is 9.78 Å². The van der Waals surface area contributed by atoms with Gasteiger partial charge in [0.2, 0.25) is 0 Å². The van der Waals surface area contributed by atoms with Crippen LogP contribution in [0.2, 0.25) is 0 Å².